The minimum atomic E-state index is -0.815. The van der Waals surface area contributed by atoms with Crippen LogP contribution in [0.4, 0.5) is 5.69 Å². The highest BCUT2D eigenvalue weighted by Gasteiger charge is 2.03. The molecule has 0 saturated carbocycles. The summed E-state index contributed by atoms with van der Waals surface area (Å²) >= 11 is 2.80. The zero-order valence-corrected chi connectivity index (χ0v) is 11.6. The fourth-order valence-electron chi connectivity index (χ4n) is 1.32. The first kappa shape index (κ1) is 14.9. The van der Waals surface area contributed by atoms with Crippen LogP contribution in [0.5, 0.6) is 0 Å². The van der Waals surface area contributed by atoms with Gasteiger partial charge in [0, 0.05) is 11.4 Å². The van der Waals surface area contributed by atoms with Gasteiger partial charge in [-0.25, -0.2) is 0 Å². The van der Waals surface area contributed by atoms with Gasteiger partial charge in [0.1, 0.15) is 0 Å². The number of carbonyl (C=O) groups is 2. The molecule has 0 spiro atoms. The molecule has 1 aromatic rings. The van der Waals surface area contributed by atoms with Crippen LogP contribution in [0.3, 0.4) is 0 Å². The Morgan fingerprint density at radius 1 is 1.33 bits per heavy atom. The number of amides is 1. The van der Waals surface area contributed by atoms with Gasteiger partial charge in [0.2, 0.25) is 5.91 Å². The van der Waals surface area contributed by atoms with Crippen molar-refractivity contribution in [3.05, 3.63) is 29.8 Å². The van der Waals surface area contributed by atoms with Crippen LogP contribution in [0.1, 0.15) is 5.56 Å². The molecule has 0 heterocycles. The van der Waals surface area contributed by atoms with Crippen LogP contribution in [0, 0.1) is 0 Å². The predicted molar refractivity (Wildman–Crippen MR) is 77.3 cm³/mol. The number of anilines is 1. The maximum atomic E-state index is 11.4. The summed E-state index contributed by atoms with van der Waals surface area (Å²) in [6, 6.07) is 7.46. The molecule has 6 heteroatoms. The van der Waals surface area contributed by atoms with E-state index in [9.17, 15) is 9.59 Å². The topological polar surface area (TPSA) is 66.4 Å². The van der Waals surface area contributed by atoms with Gasteiger partial charge in [-0.2, -0.15) is 11.8 Å². The number of hydrogen-bond acceptors (Lipinski definition) is 4. The van der Waals surface area contributed by atoms with E-state index in [4.69, 9.17) is 5.11 Å². The molecule has 0 bridgehead atoms. The van der Waals surface area contributed by atoms with E-state index in [1.165, 1.54) is 23.5 Å². The van der Waals surface area contributed by atoms with Gasteiger partial charge in [0.25, 0.3) is 0 Å². The average Bonchev–Trinajstić information content (AvgIpc) is 2.29. The van der Waals surface area contributed by atoms with E-state index >= 15 is 0 Å². The Morgan fingerprint density at radius 2 is 2.11 bits per heavy atom. The summed E-state index contributed by atoms with van der Waals surface area (Å²) in [5.74, 6) is 0.293. The normalized spacial score (nSPS) is 10.1. The van der Waals surface area contributed by atoms with Crippen molar-refractivity contribution in [1.29, 1.82) is 0 Å². The Bertz CT molecular complexity index is 424. The Kier molecular flexibility index (Phi) is 6.67. The van der Waals surface area contributed by atoms with E-state index in [2.05, 4.69) is 5.32 Å². The first-order chi connectivity index (χ1) is 8.61. The van der Waals surface area contributed by atoms with Gasteiger partial charge in [0.05, 0.1) is 11.5 Å². The quantitative estimate of drug-likeness (QED) is 0.804. The molecule has 0 radical (unpaired) electrons. The van der Waals surface area contributed by atoms with E-state index in [-0.39, 0.29) is 11.7 Å². The third-order valence-electron chi connectivity index (χ3n) is 1.98. The summed E-state index contributed by atoms with van der Waals surface area (Å²) in [4.78, 5) is 21.8. The van der Waals surface area contributed by atoms with Gasteiger partial charge >= 0.3 is 5.97 Å². The molecule has 0 aliphatic heterocycles. The van der Waals surface area contributed by atoms with Gasteiger partial charge in [-0.15, -0.1) is 11.8 Å². The van der Waals surface area contributed by atoms with Gasteiger partial charge in [0.15, 0.2) is 0 Å². The Morgan fingerprint density at radius 3 is 2.78 bits per heavy atom. The molecule has 2 N–H and O–H groups in total. The van der Waals surface area contributed by atoms with Crippen LogP contribution >= 0.6 is 23.5 Å². The second-order valence-corrected chi connectivity index (χ2v) is 5.42. The summed E-state index contributed by atoms with van der Waals surface area (Å²) in [5.41, 5.74) is 1.76. The van der Waals surface area contributed by atoms with Crippen LogP contribution in [0.15, 0.2) is 24.3 Å². The largest absolute Gasteiger partial charge is 0.481 e. The van der Waals surface area contributed by atoms with Crippen LogP contribution in [-0.4, -0.2) is 34.7 Å². The monoisotopic (exact) mass is 285 g/mol. The molecular weight excluding hydrogens is 270 g/mol. The molecule has 0 saturated heterocycles. The second-order valence-electron chi connectivity index (χ2n) is 3.57. The maximum Gasteiger partial charge on any atom is 0.313 e. The lowest BCUT2D eigenvalue weighted by atomic mass is 10.2. The van der Waals surface area contributed by atoms with Crippen molar-refractivity contribution in [3.8, 4) is 0 Å². The minimum Gasteiger partial charge on any atom is -0.481 e. The summed E-state index contributed by atoms with van der Waals surface area (Å²) < 4.78 is 0. The fourth-order valence-corrected chi connectivity index (χ4v) is 2.35. The minimum absolute atomic E-state index is 0.0298. The van der Waals surface area contributed by atoms with E-state index in [0.29, 0.717) is 11.5 Å². The molecule has 0 aliphatic carbocycles. The molecule has 0 aliphatic rings. The van der Waals surface area contributed by atoms with Crippen molar-refractivity contribution < 1.29 is 14.7 Å². The number of aliphatic carboxylic acids is 1. The average molecular weight is 285 g/mol. The van der Waals surface area contributed by atoms with Crippen molar-refractivity contribution in [2.45, 2.75) is 5.75 Å². The lowest BCUT2D eigenvalue weighted by Crippen LogP contribution is -2.13. The lowest BCUT2D eigenvalue weighted by molar-refractivity contribution is -0.133. The van der Waals surface area contributed by atoms with Crippen molar-refractivity contribution in [2.75, 3.05) is 23.1 Å². The van der Waals surface area contributed by atoms with Crippen LogP contribution in [0.2, 0.25) is 0 Å². The summed E-state index contributed by atoms with van der Waals surface area (Å²) in [5, 5.41) is 11.3. The van der Waals surface area contributed by atoms with Gasteiger partial charge < -0.3 is 10.4 Å². The molecule has 1 amide bonds. The molecule has 1 rings (SSSR count). The number of rotatable bonds is 7. The molecule has 4 nitrogen and oxygen atoms in total. The SMILES string of the molecule is CSCC(=O)Nc1cccc(CSCC(=O)O)c1. The number of carboxylic acids is 1. The number of nitrogens with one attached hydrogen (secondary N) is 1. The Balaban J connectivity index is 2.51. The van der Waals surface area contributed by atoms with Crippen LogP contribution in [-0.2, 0) is 15.3 Å². The van der Waals surface area contributed by atoms with E-state index in [1.807, 2.05) is 30.5 Å². The van der Waals surface area contributed by atoms with Crippen molar-refractivity contribution in [1.82, 2.24) is 0 Å². The van der Waals surface area contributed by atoms with Crippen molar-refractivity contribution in [3.63, 3.8) is 0 Å². The van der Waals surface area contributed by atoms with E-state index < -0.39 is 5.97 Å². The van der Waals surface area contributed by atoms with Crippen LogP contribution in [0.25, 0.3) is 0 Å². The highest BCUT2D eigenvalue weighted by Crippen LogP contribution is 2.16. The Labute approximate surface area is 115 Å². The zero-order chi connectivity index (χ0) is 13.4. The van der Waals surface area contributed by atoms with Gasteiger partial charge in [-0.05, 0) is 24.0 Å². The zero-order valence-electron chi connectivity index (χ0n) is 10.0. The van der Waals surface area contributed by atoms with E-state index in [0.717, 1.165) is 11.3 Å². The van der Waals surface area contributed by atoms with Crippen LogP contribution < -0.4 is 5.32 Å². The second kappa shape index (κ2) is 8.05. The van der Waals surface area contributed by atoms with Crippen molar-refractivity contribution in [2.24, 2.45) is 0 Å². The van der Waals surface area contributed by atoms with Gasteiger partial charge in [-0.3, -0.25) is 9.59 Å². The van der Waals surface area contributed by atoms with Crippen molar-refractivity contribution >= 4 is 41.1 Å². The Hall–Kier alpha value is -1.14. The predicted octanol–water partition coefficient (Wildman–Crippen LogP) is 2.31. The molecular formula is C12H15NO3S2. The number of carbonyl (C=O) groups excluding carboxylic acids is 1. The molecule has 18 heavy (non-hydrogen) atoms. The first-order valence-corrected chi connectivity index (χ1v) is 7.84. The number of carboxylic acid groups (broad SMARTS) is 1. The molecule has 1 aromatic carbocycles. The standard InChI is InChI=1S/C12H15NO3S2/c1-17-7-11(14)13-10-4-2-3-9(5-10)6-18-8-12(15)16/h2-5H,6-8H2,1H3,(H,13,14)(H,15,16). The third-order valence-corrected chi connectivity index (χ3v) is 3.52. The maximum absolute atomic E-state index is 11.4. The summed E-state index contributed by atoms with van der Waals surface area (Å²) in [7, 11) is 0. The first-order valence-electron chi connectivity index (χ1n) is 5.29. The summed E-state index contributed by atoms with van der Waals surface area (Å²) in [6.07, 6.45) is 1.87. The molecule has 0 fully saturated rings. The highest BCUT2D eigenvalue weighted by atomic mass is 32.2. The lowest BCUT2D eigenvalue weighted by Gasteiger charge is -2.06. The number of thioether (sulfide) groups is 2. The molecule has 98 valence electrons. The van der Waals surface area contributed by atoms with Gasteiger partial charge in [-0.1, -0.05) is 12.1 Å². The highest BCUT2D eigenvalue weighted by molar-refractivity contribution is 7.99. The molecule has 0 aromatic heterocycles. The third kappa shape index (κ3) is 5.97. The fraction of sp³-hybridized carbons (Fsp3) is 0.333. The number of benzene rings is 1. The molecule has 0 unspecified atom stereocenters. The smallest absolute Gasteiger partial charge is 0.313 e. The number of hydrogen-bond donors (Lipinski definition) is 2. The molecule has 0 atom stereocenters. The van der Waals surface area contributed by atoms with E-state index in [1.54, 1.807) is 0 Å². The summed E-state index contributed by atoms with van der Waals surface area (Å²) in [6.45, 7) is 0.